The summed E-state index contributed by atoms with van der Waals surface area (Å²) in [6.07, 6.45) is -0.370. The molecule has 2 saturated heterocycles. The van der Waals surface area contributed by atoms with Crippen molar-refractivity contribution in [2.24, 2.45) is 23.5 Å². The highest BCUT2D eigenvalue weighted by atomic mass is 79.9. The van der Waals surface area contributed by atoms with Crippen LogP contribution in [0.25, 0.3) is 0 Å². The van der Waals surface area contributed by atoms with Crippen molar-refractivity contribution < 1.29 is 9.13 Å². The number of halogens is 2. The van der Waals surface area contributed by atoms with Gasteiger partial charge in [-0.15, -0.1) is 0 Å². The van der Waals surface area contributed by atoms with E-state index in [1.807, 2.05) is 12.1 Å². The first-order chi connectivity index (χ1) is 15.1. The van der Waals surface area contributed by atoms with Crippen molar-refractivity contribution >= 4 is 15.9 Å². The number of nitriles is 1. The third-order valence-electron chi connectivity index (χ3n) is 6.45. The summed E-state index contributed by atoms with van der Waals surface area (Å²) < 4.78 is 20.4. The standard InChI is InChI=1S/C22H22BrFN6O/c23-13-5-1-12(2-6-13)20-18-17(15(9-25)21(26)31-22(18)30-29-20)16-10-27-28-19(16)11-3-7-14(24)8-4-11/h1-8,16-20,22,27-30H,10,26H2. The number of allylic oxidation sites excluding steroid dienone is 1. The predicted octanol–water partition coefficient (Wildman–Crippen LogP) is 2.48. The average Bonchev–Trinajstić information content (AvgIpc) is 3.41. The van der Waals surface area contributed by atoms with Crippen LogP contribution in [0.15, 0.2) is 64.5 Å². The molecule has 7 nitrogen and oxygen atoms in total. The molecule has 9 heteroatoms. The zero-order valence-electron chi connectivity index (χ0n) is 16.5. The Morgan fingerprint density at radius 2 is 1.68 bits per heavy atom. The van der Waals surface area contributed by atoms with E-state index in [2.05, 4.69) is 55.8 Å². The van der Waals surface area contributed by atoms with Gasteiger partial charge < -0.3 is 10.5 Å². The molecule has 5 rings (SSSR count). The van der Waals surface area contributed by atoms with E-state index in [4.69, 9.17) is 10.5 Å². The second-order valence-corrected chi connectivity index (χ2v) is 8.98. The summed E-state index contributed by atoms with van der Waals surface area (Å²) in [5, 5.41) is 9.99. The Hall–Kier alpha value is -2.48. The fraction of sp³-hybridized carbons (Fsp3) is 0.318. The number of nitrogens with zero attached hydrogens (tertiary/aromatic N) is 1. The molecule has 2 aromatic rings. The number of hydrogen-bond acceptors (Lipinski definition) is 7. The van der Waals surface area contributed by atoms with Gasteiger partial charge in [0.2, 0.25) is 0 Å². The van der Waals surface area contributed by atoms with Gasteiger partial charge >= 0.3 is 0 Å². The third kappa shape index (κ3) is 3.60. The van der Waals surface area contributed by atoms with Crippen LogP contribution in [-0.2, 0) is 4.74 Å². The maximum absolute atomic E-state index is 13.5. The molecule has 0 spiro atoms. The van der Waals surface area contributed by atoms with Gasteiger partial charge in [0, 0.05) is 28.8 Å². The predicted molar refractivity (Wildman–Crippen MR) is 116 cm³/mol. The lowest BCUT2D eigenvalue weighted by molar-refractivity contribution is 0.00572. The smallest absolute Gasteiger partial charge is 0.200 e. The van der Waals surface area contributed by atoms with E-state index in [0.717, 1.165) is 15.6 Å². The summed E-state index contributed by atoms with van der Waals surface area (Å²) in [7, 11) is 0. The van der Waals surface area contributed by atoms with Crippen LogP contribution in [0, 0.1) is 34.9 Å². The highest BCUT2D eigenvalue weighted by molar-refractivity contribution is 9.10. The molecule has 31 heavy (non-hydrogen) atoms. The summed E-state index contributed by atoms with van der Waals surface area (Å²) in [5.41, 5.74) is 21.8. The highest BCUT2D eigenvalue weighted by Gasteiger charge is 2.53. The topological polar surface area (TPSA) is 107 Å². The molecule has 3 heterocycles. The van der Waals surface area contributed by atoms with Gasteiger partial charge in [0.1, 0.15) is 11.9 Å². The Labute approximate surface area is 187 Å². The van der Waals surface area contributed by atoms with Crippen molar-refractivity contribution in [1.82, 2.24) is 21.7 Å². The molecule has 0 radical (unpaired) electrons. The molecule has 6 atom stereocenters. The van der Waals surface area contributed by atoms with E-state index >= 15 is 0 Å². The third-order valence-corrected chi connectivity index (χ3v) is 6.98. The lowest BCUT2D eigenvalue weighted by Crippen LogP contribution is -2.45. The number of nitrogens with one attached hydrogen (secondary N) is 4. The van der Waals surface area contributed by atoms with Gasteiger partial charge in [0.15, 0.2) is 12.1 Å². The maximum atomic E-state index is 13.5. The van der Waals surface area contributed by atoms with Crippen LogP contribution in [0.1, 0.15) is 23.2 Å². The molecule has 2 fully saturated rings. The Kier molecular flexibility index (Phi) is 5.42. The zero-order chi connectivity index (χ0) is 21.5. The Morgan fingerprint density at radius 1 is 1.00 bits per heavy atom. The summed E-state index contributed by atoms with van der Waals surface area (Å²) in [5.74, 6) is -0.368. The lowest BCUT2D eigenvalue weighted by atomic mass is 9.68. The Morgan fingerprint density at radius 3 is 2.39 bits per heavy atom. The molecule has 160 valence electrons. The second kappa shape index (κ2) is 8.22. The lowest BCUT2D eigenvalue weighted by Gasteiger charge is -2.40. The minimum atomic E-state index is -0.370. The summed E-state index contributed by atoms with van der Waals surface area (Å²) in [6.45, 7) is 0.640. The summed E-state index contributed by atoms with van der Waals surface area (Å²) in [6, 6.07) is 16.7. The Bertz CT molecular complexity index is 1040. The van der Waals surface area contributed by atoms with Crippen LogP contribution >= 0.6 is 15.9 Å². The monoisotopic (exact) mass is 484 g/mol. The number of rotatable bonds is 3. The second-order valence-electron chi connectivity index (χ2n) is 8.07. The van der Waals surface area contributed by atoms with Gasteiger partial charge in [-0.25, -0.2) is 20.7 Å². The molecule has 3 aliphatic rings. The van der Waals surface area contributed by atoms with Crippen molar-refractivity contribution in [3.63, 3.8) is 0 Å². The fourth-order valence-corrected chi connectivity index (χ4v) is 5.32. The molecule has 6 unspecified atom stereocenters. The molecule has 0 amide bonds. The van der Waals surface area contributed by atoms with Gasteiger partial charge in [-0.05, 0) is 35.4 Å². The van der Waals surface area contributed by atoms with E-state index in [1.54, 1.807) is 12.1 Å². The van der Waals surface area contributed by atoms with Crippen LogP contribution < -0.4 is 27.4 Å². The Balaban J connectivity index is 1.56. The molecular weight excluding hydrogens is 463 g/mol. The van der Waals surface area contributed by atoms with E-state index in [9.17, 15) is 9.65 Å². The molecule has 2 aromatic carbocycles. The molecule has 6 N–H and O–H groups in total. The number of ether oxygens (including phenoxy) is 1. The van der Waals surface area contributed by atoms with E-state index in [-0.39, 0.29) is 47.8 Å². The summed E-state index contributed by atoms with van der Waals surface area (Å²) in [4.78, 5) is 0. The van der Waals surface area contributed by atoms with E-state index < -0.39 is 0 Å². The van der Waals surface area contributed by atoms with Gasteiger partial charge in [0.05, 0.1) is 17.7 Å². The van der Waals surface area contributed by atoms with Gasteiger partial charge in [-0.1, -0.05) is 40.2 Å². The van der Waals surface area contributed by atoms with Gasteiger partial charge in [-0.2, -0.15) is 5.26 Å². The molecule has 0 aliphatic carbocycles. The van der Waals surface area contributed by atoms with Crippen molar-refractivity contribution in [2.45, 2.75) is 18.3 Å². The van der Waals surface area contributed by atoms with Crippen LogP contribution in [0.4, 0.5) is 4.39 Å². The molecule has 0 saturated carbocycles. The van der Waals surface area contributed by atoms with Crippen LogP contribution in [0.2, 0.25) is 0 Å². The van der Waals surface area contributed by atoms with E-state index in [1.165, 1.54) is 12.1 Å². The van der Waals surface area contributed by atoms with Crippen molar-refractivity contribution in [3.8, 4) is 6.07 Å². The first-order valence-corrected chi connectivity index (χ1v) is 10.9. The van der Waals surface area contributed by atoms with Gasteiger partial charge in [-0.3, -0.25) is 5.43 Å². The fourth-order valence-electron chi connectivity index (χ4n) is 5.05. The average molecular weight is 485 g/mol. The number of hydrazine groups is 2. The summed E-state index contributed by atoms with van der Waals surface area (Å²) >= 11 is 3.49. The first-order valence-electron chi connectivity index (χ1n) is 10.1. The van der Waals surface area contributed by atoms with Crippen molar-refractivity contribution in [2.75, 3.05) is 6.54 Å². The number of hydrogen-bond donors (Lipinski definition) is 5. The SMILES string of the molecule is N#CC1=C(N)OC2NNC(c3ccc(Br)cc3)C2C1C1CNNC1c1ccc(F)cc1. The molecule has 3 aliphatic heterocycles. The minimum Gasteiger partial charge on any atom is -0.458 e. The minimum absolute atomic E-state index is 0.00899. The molecular formula is C22H22BrFN6O. The normalized spacial score (nSPS) is 32.4. The van der Waals surface area contributed by atoms with E-state index in [0.29, 0.717) is 12.1 Å². The van der Waals surface area contributed by atoms with Crippen molar-refractivity contribution in [1.29, 1.82) is 5.26 Å². The largest absolute Gasteiger partial charge is 0.458 e. The van der Waals surface area contributed by atoms with Crippen LogP contribution in [0.3, 0.4) is 0 Å². The van der Waals surface area contributed by atoms with Crippen molar-refractivity contribution in [3.05, 3.63) is 81.4 Å². The number of fused-ring (bicyclic) bond motifs is 1. The zero-order valence-corrected chi connectivity index (χ0v) is 18.1. The van der Waals surface area contributed by atoms with Crippen LogP contribution in [0.5, 0.6) is 0 Å². The molecule has 0 bridgehead atoms. The molecule has 0 aromatic heterocycles. The van der Waals surface area contributed by atoms with Crippen LogP contribution in [-0.4, -0.2) is 12.8 Å². The quantitative estimate of drug-likeness (QED) is 0.455. The number of nitrogens with two attached hydrogens (primary N) is 1. The maximum Gasteiger partial charge on any atom is 0.200 e. The highest BCUT2D eigenvalue weighted by Crippen LogP contribution is 2.48. The van der Waals surface area contributed by atoms with Gasteiger partial charge in [0.25, 0.3) is 0 Å². The first kappa shape index (κ1) is 20.4. The number of benzene rings is 2.